The van der Waals surface area contributed by atoms with Gasteiger partial charge in [0.15, 0.2) is 0 Å². The predicted octanol–water partition coefficient (Wildman–Crippen LogP) is 0.124. The Balaban J connectivity index is 0.00000641. The molecule has 1 unspecified atom stereocenters. The summed E-state index contributed by atoms with van der Waals surface area (Å²) < 4.78 is 79.1. The Kier molecular flexibility index (Phi) is 21.6. The van der Waals surface area contributed by atoms with E-state index in [9.17, 15) is 40.6 Å². The van der Waals surface area contributed by atoms with Crippen molar-refractivity contribution in [2.24, 2.45) is 0 Å². The molecule has 0 radical (unpaired) electrons. The van der Waals surface area contributed by atoms with Gasteiger partial charge in [0, 0.05) is 72.6 Å². The molecule has 0 spiro atoms. The van der Waals surface area contributed by atoms with Crippen LogP contribution in [0.25, 0.3) is 17.4 Å². The standard InChI is InChI=1S/C43H59N3O11S2.2Na/c1-7-45(24-14-28-59(53,54)55)31-20-21-33-35(42(2,3)4)30-32(57-37(33)29-31)15-11-18-38-43(5,22-13-27-58(50,51)52)40-34(41(49)44-23-26-56-6)16-12-17-36(40)46(38)25-10-8-9-19-39(47)48;;/h11-12,15-18,20-21,29-30H,7-10,13-14,19,22-28H2,1-6H3,(H3-,44,47,48,49,50,51,52,53,54,55);;/q;2*+1/p+1. The van der Waals surface area contributed by atoms with Crippen molar-refractivity contribution in [1.82, 2.24) is 9.89 Å². The molecule has 1 aromatic carbocycles. The van der Waals surface area contributed by atoms with Crippen LogP contribution >= 0.6 is 0 Å². The van der Waals surface area contributed by atoms with Crippen LogP contribution < -0.4 is 79.3 Å². The van der Waals surface area contributed by atoms with Crippen LogP contribution in [0.5, 0.6) is 0 Å². The number of anilines is 1. The van der Waals surface area contributed by atoms with Crippen molar-refractivity contribution < 1.29 is 109 Å². The van der Waals surface area contributed by atoms with E-state index in [1.165, 1.54) is 0 Å². The summed E-state index contributed by atoms with van der Waals surface area (Å²) in [7, 11) is -6.80. The Morgan fingerprint density at radius 2 is 1.66 bits per heavy atom. The summed E-state index contributed by atoms with van der Waals surface area (Å²) in [5.41, 5.74) is 3.57. The Morgan fingerprint density at radius 1 is 0.967 bits per heavy atom. The molecule has 1 aliphatic carbocycles. The normalized spacial score (nSPS) is 16.7. The van der Waals surface area contributed by atoms with Gasteiger partial charge in [-0.1, -0.05) is 39.3 Å². The zero-order valence-electron chi connectivity index (χ0n) is 37.0. The molecule has 2 heterocycles. The van der Waals surface area contributed by atoms with E-state index in [4.69, 9.17) is 9.15 Å². The molecular formula is C43H60N3Na2O11S2+3. The van der Waals surface area contributed by atoms with Crippen molar-refractivity contribution in [2.75, 3.05) is 56.3 Å². The van der Waals surface area contributed by atoms with E-state index < -0.39 is 37.4 Å². The summed E-state index contributed by atoms with van der Waals surface area (Å²) in [5, 5.41) is 13.0. The molecule has 1 amide bonds. The van der Waals surface area contributed by atoms with Gasteiger partial charge in [-0.05, 0) is 86.9 Å². The summed E-state index contributed by atoms with van der Waals surface area (Å²) in [6.07, 6.45) is 8.18. The van der Waals surface area contributed by atoms with Gasteiger partial charge in [-0.3, -0.25) is 18.7 Å². The number of benzene rings is 2. The molecule has 324 valence electrons. The number of fused-ring (bicyclic) bond motifs is 2. The quantitative estimate of drug-likeness (QED) is 0.0488. The molecule has 0 fully saturated rings. The van der Waals surface area contributed by atoms with Crippen LogP contribution in [0.15, 0.2) is 64.7 Å². The second kappa shape index (κ2) is 24.1. The van der Waals surface area contributed by atoms with Crippen molar-refractivity contribution in [3.8, 4) is 11.3 Å². The van der Waals surface area contributed by atoms with Crippen molar-refractivity contribution in [1.29, 1.82) is 0 Å². The fourth-order valence-electron chi connectivity index (χ4n) is 7.79. The third-order valence-corrected chi connectivity index (χ3v) is 12.2. The van der Waals surface area contributed by atoms with Crippen molar-refractivity contribution >= 4 is 43.9 Å². The molecule has 4 N–H and O–H groups in total. The molecule has 0 saturated carbocycles. The van der Waals surface area contributed by atoms with E-state index in [0.29, 0.717) is 62.6 Å². The van der Waals surface area contributed by atoms with E-state index in [-0.39, 0.29) is 108 Å². The number of methoxy groups -OCH3 is 1. The SMILES string of the molecule is CC[N+](CCCS(=O)(=O)O)=c1ccc2c(C(C)(C)C)cc(/C=C/C=C3/N(CCCCCC(=O)O)c4cccc(C(=O)NCCOC)c4C3(C)CCCS(=O)(=O)O)oc-2c1.[Na+].[Na+]. The average molecular weight is 905 g/mol. The van der Waals surface area contributed by atoms with Gasteiger partial charge in [0.05, 0.1) is 24.2 Å². The molecule has 0 saturated heterocycles. The Labute approximate surface area is 405 Å². The van der Waals surface area contributed by atoms with Crippen LogP contribution in [0.3, 0.4) is 0 Å². The monoisotopic (exact) mass is 904 g/mol. The van der Waals surface area contributed by atoms with Crippen LogP contribution in [0.4, 0.5) is 5.69 Å². The first kappa shape index (κ1) is 54.8. The maximum Gasteiger partial charge on any atom is 1.00 e. The summed E-state index contributed by atoms with van der Waals surface area (Å²) >= 11 is 0. The number of aliphatic carboxylic acids is 1. The van der Waals surface area contributed by atoms with E-state index in [1.54, 1.807) is 13.2 Å². The number of carbonyl (C=O) groups excluding carboxylic acids is 1. The Morgan fingerprint density at radius 3 is 2.28 bits per heavy atom. The van der Waals surface area contributed by atoms with E-state index in [0.717, 1.165) is 33.4 Å². The molecule has 61 heavy (non-hydrogen) atoms. The smallest absolute Gasteiger partial charge is 0.481 e. The molecule has 18 heteroatoms. The van der Waals surface area contributed by atoms with Crippen LogP contribution in [0.2, 0.25) is 0 Å². The van der Waals surface area contributed by atoms with Crippen LogP contribution in [0.1, 0.15) is 107 Å². The molecule has 0 aromatic heterocycles. The van der Waals surface area contributed by atoms with Gasteiger partial charge in [-0.2, -0.15) is 16.8 Å². The summed E-state index contributed by atoms with van der Waals surface area (Å²) in [6.45, 7) is 12.4. The topological polar surface area (TPSA) is 204 Å². The second-order valence-electron chi connectivity index (χ2n) is 16.1. The third-order valence-electron chi connectivity index (χ3n) is 10.6. The molecule has 0 bridgehead atoms. The van der Waals surface area contributed by atoms with E-state index in [2.05, 4.69) is 31.0 Å². The van der Waals surface area contributed by atoms with Crippen LogP contribution in [0, 0.1) is 0 Å². The fourth-order valence-corrected chi connectivity index (χ4v) is 8.79. The van der Waals surface area contributed by atoms with Gasteiger partial charge in [0.25, 0.3) is 26.1 Å². The number of rotatable bonds is 21. The first-order valence-electron chi connectivity index (χ1n) is 20.0. The van der Waals surface area contributed by atoms with Crippen molar-refractivity contribution in [3.05, 3.63) is 88.1 Å². The number of hydrogen-bond acceptors (Lipinski definition) is 9. The number of ether oxygens (including phenoxy) is 1. The number of hydrogen-bond donors (Lipinski definition) is 4. The van der Waals surface area contributed by atoms with Gasteiger partial charge in [0.2, 0.25) is 5.36 Å². The molecule has 1 atom stereocenters. The number of nitrogens with zero attached hydrogens (tertiary/aromatic N) is 2. The van der Waals surface area contributed by atoms with Crippen molar-refractivity contribution in [3.63, 3.8) is 0 Å². The number of carbonyl (C=O) groups is 2. The van der Waals surface area contributed by atoms with Crippen LogP contribution in [-0.2, 0) is 40.6 Å². The zero-order valence-corrected chi connectivity index (χ0v) is 42.6. The number of amides is 1. The van der Waals surface area contributed by atoms with E-state index >= 15 is 0 Å². The molecule has 2 aliphatic heterocycles. The minimum absolute atomic E-state index is 0. The maximum atomic E-state index is 13.7. The first-order chi connectivity index (χ1) is 27.7. The van der Waals surface area contributed by atoms with Gasteiger partial charge in [0.1, 0.15) is 24.6 Å². The summed E-state index contributed by atoms with van der Waals surface area (Å²) in [5.74, 6) is -0.764. The molecule has 4 rings (SSSR count). The third kappa shape index (κ3) is 15.7. The average Bonchev–Trinajstić information content (AvgIpc) is 3.37. The molecule has 14 nitrogen and oxygen atoms in total. The van der Waals surface area contributed by atoms with Gasteiger partial charge < -0.3 is 24.5 Å². The Bertz CT molecular complexity index is 2300. The summed E-state index contributed by atoms with van der Waals surface area (Å²) in [6, 6.07) is 13.4. The molecule has 3 aliphatic rings. The fraction of sp³-hybridized carbons (Fsp3) is 0.512. The van der Waals surface area contributed by atoms with Crippen molar-refractivity contribution in [2.45, 2.75) is 90.4 Å². The number of nitrogens with one attached hydrogen (secondary N) is 1. The van der Waals surface area contributed by atoms with E-state index in [1.807, 2.05) is 73.0 Å². The zero-order chi connectivity index (χ0) is 43.6. The van der Waals surface area contributed by atoms with Crippen LogP contribution in [-0.4, -0.2) is 94.3 Å². The minimum atomic E-state index is -4.27. The maximum absolute atomic E-state index is 13.7. The number of carboxylic acids is 1. The molecule has 1 aromatic rings. The van der Waals surface area contributed by atoms with Gasteiger partial charge in [-0.25, -0.2) is 4.58 Å². The number of unbranched alkanes of at least 4 members (excludes halogenated alkanes) is 2. The predicted molar refractivity (Wildman–Crippen MR) is 230 cm³/mol. The largest absolute Gasteiger partial charge is 1.00 e. The van der Waals surface area contributed by atoms with Gasteiger partial charge >= 0.3 is 65.1 Å². The summed E-state index contributed by atoms with van der Waals surface area (Å²) in [4.78, 5) is 27.1. The minimum Gasteiger partial charge on any atom is -0.481 e. The number of allylic oxidation sites excluding steroid dienone is 3. The van der Waals surface area contributed by atoms with Gasteiger partial charge in [-0.15, -0.1) is 0 Å². The second-order valence-corrected chi connectivity index (χ2v) is 19.3. The number of carboxylic acid groups (broad SMARTS) is 1. The molecular weight excluding hydrogens is 845 g/mol. The Hall–Kier alpha value is -2.35. The first-order valence-corrected chi connectivity index (χ1v) is 23.3.